The van der Waals surface area contributed by atoms with Crippen LogP contribution in [0.5, 0.6) is 0 Å². The molecule has 0 fully saturated rings. The van der Waals surface area contributed by atoms with E-state index in [1.54, 1.807) is 16.4 Å². The van der Waals surface area contributed by atoms with Crippen molar-refractivity contribution in [3.8, 4) is 0 Å². The quantitative estimate of drug-likeness (QED) is 0.463. The molecule has 19 heavy (non-hydrogen) atoms. The minimum Gasteiger partial charge on any atom is -1.00 e. The van der Waals surface area contributed by atoms with Gasteiger partial charge in [-0.15, -0.1) is 0 Å². The van der Waals surface area contributed by atoms with Crippen LogP contribution in [0, 0.1) is 0 Å². The molecule has 2 unspecified atom stereocenters. The Morgan fingerprint density at radius 3 is 2.74 bits per heavy atom. The Morgan fingerprint density at radius 1 is 1.37 bits per heavy atom. The molecule has 0 bridgehead atoms. The van der Waals surface area contributed by atoms with Crippen LogP contribution in [0.25, 0.3) is 0 Å². The molecule has 2 atom stereocenters. The molecule has 0 aromatic rings. The monoisotopic (exact) mass is 452 g/mol. The van der Waals surface area contributed by atoms with Gasteiger partial charge in [-0.1, -0.05) is 0 Å². The Bertz CT molecular complexity index is 532. The van der Waals surface area contributed by atoms with Gasteiger partial charge in [0.25, 0.3) is 0 Å². The second-order valence-corrected chi connectivity index (χ2v) is 11.7. The summed E-state index contributed by atoms with van der Waals surface area (Å²) < 4.78 is 5.01. The molecule has 0 spiro atoms. The van der Waals surface area contributed by atoms with Gasteiger partial charge < -0.3 is 24.8 Å². The van der Waals surface area contributed by atoms with Crippen LogP contribution in [0.4, 0.5) is 0 Å². The van der Waals surface area contributed by atoms with E-state index in [9.17, 15) is 0 Å². The molecule has 1 heterocycles. The van der Waals surface area contributed by atoms with E-state index >= 15 is 0 Å². The third kappa shape index (κ3) is 3.46. The summed E-state index contributed by atoms with van der Waals surface area (Å²) in [6, 6.07) is 0. The van der Waals surface area contributed by atoms with Gasteiger partial charge in [-0.2, -0.15) is 0 Å². The summed E-state index contributed by atoms with van der Waals surface area (Å²) >= 11 is 3.34. The van der Waals surface area contributed by atoms with Crippen LogP contribution in [-0.4, -0.2) is 12.3 Å². The van der Waals surface area contributed by atoms with Gasteiger partial charge in [0.2, 0.25) is 0 Å². The van der Waals surface area contributed by atoms with Crippen molar-refractivity contribution >= 4 is 23.9 Å². The van der Waals surface area contributed by atoms with Gasteiger partial charge in [-0.25, -0.2) is 0 Å². The van der Waals surface area contributed by atoms with Gasteiger partial charge in [0.1, 0.15) is 0 Å². The van der Waals surface area contributed by atoms with Crippen LogP contribution >= 0.6 is 23.9 Å². The van der Waals surface area contributed by atoms with E-state index in [1.807, 2.05) is 0 Å². The SMILES string of the molecule is CC1=CC2C(=C1)[C]([Zr+2][C]1=CC=CC1)=C(Br)P2C.[Cl-].[Cl-]. The van der Waals surface area contributed by atoms with Crippen LogP contribution in [0.3, 0.4) is 0 Å². The van der Waals surface area contributed by atoms with Gasteiger partial charge in [0, 0.05) is 0 Å². The maximum Gasteiger partial charge on any atom is -1.00 e. The first-order valence-electron chi connectivity index (χ1n) is 5.82. The van der Waals surface area contributed by atoms with Crippen LogP contribution in [0.2, 0.25) is 0 Å². The first-order chi connectivity index (χ1) is 8.16. The summed E-state index contributed by atoms with van der Waals surface area (Å²) in [5, 5.41) is 0. The van der Waals surface area contributed by atoms with Crippen molar-refractivity contribution < 1.29 is 48.0 Å². The zero-order valence-corrected chi connectivity index (χ0v) is 17.2. The van der Waals surface area contributed by atoms with E-state index in [0.29, 0.717) is 0 Å². The number of allylic oxidation sites excluding steroid dienone is 9. The van der Waals surface area contributed by atoms with Crippen molar-refractivity contribution in [2.45, 2.75) is 19.0 Å². The van der Waals surface area contributed by atoms with Crippen molar-refractivity contribution in [1.82, 2.24) is 0 Å². The van der Waals surface area contributed by atoms with E-state index in [-0.39, 0.29) is 32.7 Å². The second-order valence-electron chi connectivity index (χ2n) is 4.68. The average Bonchev–Trinajstić information content (AvgIpc) is 2.96. The molecule has 3 aliphatic rings. The number of rotatable bonds is 2. The third-order valence-electron chi connectivity index (χ3n) is 3.40. The summed E-state index contributed by atoms with van der Waals surface area (Å²) in [6.45, 7) is 4.65. The molecule has 0 saturated carbocycles. The Hall–Kier alpha value is 1.07. The smallest absolute Gasteiger partial charge is 1.00 e. The molecule has 0 aromatic heterocycles. The van der Waals surface area contributed by atoms with Gasteiger partial charge in [0.15, 0.2) is 0 Å². The molecule has 0 N–H and O–H groups in total. The van der Waals surface area contributed by atoms with Crippen molar-refractivity contribution in [3.63, 3.8) is 0 Å². The number of fused-ring (bicyclic) bond motifs is 1. The maximum absolute atomic E-state index is 3.89. The number of halogens is 3. The van der Waals surface area contributed by atoms with Crippen LogP contribution in [0.15, 0.2) is 52.3 Å². The second kappa shape index (κ2) is 7.37. The fourth-order valence-electron chi connectivity index (χ4n) is 2.50. The third-order valence-corrected chi connectivity index (χ3v) is 12.6. The van der Waals surface area contributed by atoms with Gasteiger partial charge in [-0.05, 0) is 0 Å². The Labute approximate surface area is 148 Å². The van der Waals surface area contributed by atoms with Gasteiger partial charge in [0.05, 0.1) is 0 Å². The first-order valence-corrected chi connectivity index (χ1v) is 10.9. The van der Waals surface area contributed by atoms with Crippen LogP contribution < -0.4 is 24.8 Å². The fraction of sp³-hybridized carbons (Fsp3) is 0.286. The Morgan fingerprint density at radius 2 is 2.11 bits per heavy atom. The van der Waals surface area contributed by atoms with E-state index in [0.717, 1.165) is 5.66 Å². The van der Waals surface area contributed by atoms with Gasteiger partial charge >= 0.3 is 125 Å². The van der Waals surface area contributed by atoms with Crippen molar-refractivity contribution in [2.24, 2.45) is 0 Å². The maximum atomic E-state index is 3.89. The predicted octanol–water partition coefficient (Wildman–Crippen LogP) is -1.14. The minimum atomic E-state index is -0.549. The number of hydrogen-bond donors (Lipinski definition) is 0. The molecule has 3 rings (SSSR count). The zero-order chi connectivity index (χ0) is 12.0. The van der Waals surface area contributed by atoms with Gasteiger partial charge in [-0.3, -0.25) is 0 Å². The summed E-state index contributed by atoms with van der Waals surface area (Å²) in [5.74, 6) is 0. The molecule has 0 nitrogen and oxygen atoms in total. The number of hydrogen-bond acceptors (Lipinski definition) is 0. The van der Waals surface area contributed by atoms with Crippen molar-refractivity contribution in [3.05, 3.63) is 52.3 Å². The summed E-state index contributed by atoms with van der Waals surface area (Å²) in [7, 11) is -0.00627. The standard InChI is InChI=1S/C9H9BrP.C5H5.2ClH.Zr/c1-6-3-7-5-9(10)11(2)8(7)4-6;1-2-4-5-3-1;;;/h3-4,8H,1-2H3;1-3H,4H2;2*1H;/q;;;;+2/p-2. The average molecular weight is 455 g/mol. The molecule has 0 amide bonds. The molecular weight excluding hydrogens is 441 g/mol. The zero-order valence-electron chi connectivity index (χ0n) is 10.8. The molecule has 1 aliphatic heterocycles. The molecule has 0 saturated heterocycles. The molecule has 2 aliphatic carbocycles. The Kier molecular flexibility index (Phi) is 7.03. The fourth-order valence-corrected chi connectivity index (χ4v) is 10.7. The van der Waals surface area contributed by atoms with Crippen molar-refractivity contribution in [1.29, 1.82) is 0 Å². The van der Waals surface area contributed by atoms with E-state index < -0.39 is 23.2 Å². The summed E-state index contributed by atoms with van der Waals surface area (Å²) in [4.78, 5) is 0. The topological polar surface area (TPSA) is 0 Å². The Balaban J connectivity index is 0.000000902. The summed E-state index contributed by atoms with van der Waals surface area (Å²) in [5.41, 5.74) is 3.85. The molecular formula is C14H14BrCl2PZr. The normalized spacial score (nSPS) is 27.0. The van der Waals surface area contributed by atoms with E-state index in [4.69, 9.17) is 0 Å². The van der Waals surface area contributed by atoms with E-state index in [2.05, 4.69) is 59.9 Å². The largest absolute Gasteiger partial charge is 1.00 e. The molecule has 100 valence electrons. The van der Waals surface area contributed by atoms with E-state index in [1.165, 1.54) is 12.0 Å². The molecule has 5 heteroatoms. The summed E-state index contributed by atoms with van der Waals surface area (Å²) in [6.07, 6.45) is 13.0. The minimum absolute atomic E-state index is 0. The molecule has 0 radical (unpaired) electrons. The molecule has 0 aromatic carbocycles. The van der Waals surface area contributed by atoms with Crippen LogP contribution in [0.1, 0.15) is 13.3 Å². The van der Waals surface area contributed by atoms with Crippen LogP contribution in [-0.2, 0) is 23.2 Å². The first kappa shape index (κ1) is 18.1. The van der Waals surface area contributed by atoms with Crippen molar-refractivity contribution in [2.75, 3.05) is 6.66 Å². The predicted molar refractivity (Wildman–Crippen MR) is 76.3 cm³/mol.